The number of hydrogen-bond acceptors (Lipinski definition) is 4. The minimum Gasteiger partial charge on any atom is -0.360 e. The Hall–Kier alpha value is -1.55. The van der Waals surface area contributed by atoms with Crippen molar-refractivity contribution in [2.75, 3.05) is 0 Å². The molecule has 1 aromatic heterocycles. The molecule has 0 N–H and O–H groups in total. The Morgan fingerprint density at radius 1 is 1.19 bits per heavy atom. The van der Waals surface area contributed by atoms with E-state index in [2.05, 4.69) is 16.2 Å². The van der Waals surface area contributed by atoms with Gasteiger partial charge in [-0.3, -0.25) is 4.99 Å². The van der Waals surface area contributed by atoms with Crippen LogP contribution in [0.3, 0.4) is 0 Å². The first kappa shape index (κ1) is 9.66. The van der Waals surface area contributed by atoms with Crippen LogP contribution in [0.2, 0.25) is 0 Å². The van der Waals surface area contributed by atoms with Crippen LogP contribution in [0, 0.1) is 6.92 Å². The van der Waals surface area contributed by atoms with E-state index in [1.165, 1.54) is 0 Å². The van der Waals surface area contributed by atoms with Crippen LogP contribution in [0.5, 0.6) is 0 Å². The Bertz CT molecular complexity index is 586. The average Bonchev–Trinajstić information content (AvgIpc) is 2.56. The minimum absolute atomic E-state index is 0.830. The van der Waals surface area contributed by atoms with Crippen molar-refractivity contribution in [2.24, 2.45) is 4.99 Å². The SMILES string of the molecule is CC1=Nc2ccccc2Sc2noc(C)c21. The number of hydrogen-bond donors (Lipinski definition) is 0. The van der Waals surface area contributed by atoms with Crippen molar-refractivity contribution < 1.29 is 4.52 Å². The van der Waals surface area contributed by atoms with Crippen LogP contribution in [-0.2, 0) is 0 Å². The first-order valence-electron chi connectivity index (χ1n) is 5.04. The van der Waals surface area contributed by atoms with Gasteiger partial charge in [0.1, 0.15) is 5.76 Å². The number of aryl methyl sites for hydroxylation is 1. The van der Waals surface area contributed by atoms with Crippen molar-refractivity contribution in [1.29, 1.82) is 0 Å². The molecule has 0 saturated heterocycles. The third kappa shape index (κ3) is 1.38. The summed E-state index contributed by atoms with van der Waals surface area (Å²) in [4.78, 5) is 5.73. The van der Waals surface area contributed by atoms with Gasteiger partial charge in [-0.15, -0.1) is 0 Å². The highest BCUT2D eigenvalue weighted by Gasteiger charge is 2.20. The molecule has 16 heavy (non-hydrogen) atoms. The third-order valence-corrected chi connectivity index (χ3v) is 3.59. The number of rotatable bonds is 0. The van der Waals surface area contributed by atoms with Gasteiger partial charge in [-0.05, 0) is 26.0 Å². The third-order valence-electron chi connectivity index (χ3n) is 2.55. The predicted octanol–water partition coefficient (Wildman–Crippen LogP) is 3.59. The maximum Gasteiger partial charge on any atom is 0.153 e. The van der Waals surface area contributed by atoms with E-state index < -0.39 is 0 Å². The highest BCUT2D eigenvalue weighted by Crippen LogP contribution is 2.40. The van der Waals surface area contributed by atoms with E-state index in [0.717, 1.165) is 32.6 Å². The van der Waals surface area contributed by atoms with Crippen LogP contribution in [0.1, 0.15) is 18.2 Å². The second-order valence-corrected chi connectivity index (χ2v) is 4.72. The van der Waals surface area contributed by atoms with E-state index in [1.807, 2.05) is 32.0 Å². The Labute approximate surface area is 97.6 Å². The summed E-state index contributed by atoms with van der Waals surface area (Å²) in [5.41, 5.74) is 3.00. The first-order valence-corrected chi connectivity index (χ1v) is 5.86. The van der Waals surface area contributed by atoms with Gasteiger partial charge in [-0.25, -0.2) is 0 Å². The number of benzene rings is 1. The van der Waals surface area contributed by atoms with Crippen molar-refractivity contribution in [3.05, 3.63) is 35.6 Å². The van der Waals surface area contributed by atoms with Crippen LogP contribution in [0.4, 0.5) is 5.69 Å². The van der Waals surface area contributed by atoms with Gasteiger partial charge in [0.05, 0.1) is 17.0 Å². The molecule has 1 aromatic carbocycles. The van der Waals surface area contributed by atoms with Crippen LogP contribution < -0.4 is 0 Å². The fourth-order valence-electron chi connectivity index (χ4n) is 1.81. The van der Waals surface area contributed by atoms with Gasteiger partial charge in [0.25, 0.3) is 0 Å². The number of para-hydroxylation sites is 1. The molecule has 0 fully saturated rings. The Kier molecular flexibility index (Phi) is 2.11. The van der Waals surface area contributed by atoms with Gasteiger partial charge < -0.3 is 4.52 Å². The molecule has 0 bridgehead atoms. The van der Waals surface area contributed by atoms with Gasteiger partial charge in [0.15, 0.2) is 5.03 Å². The van der Waals surface area contributed by atoms with Gasteiger partial charge in [-0.1, -0.05) is 29.1 Å². The molecule has 3 nitrogen and oxygen atoms in total. The number of aliphatic imine (C=N–C) groups is 1. The summed E-state index contributed by atoms with van der Waals surface area (Å²) in [7, 11) is 0. The quantitative estimate of drug-likeness (QED) is 0.694. The van der Waals surface area contributed by atoms with E-state index in [9.17, 15) is 0 Å². The van der Waals surface area contributed by atoms with E-state index in [-0.39, 0.29) is 0 Å². The van der Waals surface area contributed by atoms with Crippen LogP contribution in [0.15, 0.2) is 43.7 Å². The zero-order valence-electron chi connectivity index (χ0n) is 9.02. The summed E-state index contributed by atoms with van der Waals surface area (Å²) in [5.74, 6) is 0.830. The summed E-state index contributed by atoms with van der Waals surface area (Å²) in [5, 5.41) is 4.98. The summed E-state index contributed by atoms with van der Waals surface area (Å²) < 4.78 is 5.21. The molecule has 4 heteroatoms. The van der Waals surface area contributed by atoms with Crippen LogP contribution >= 0.6 is 11.8 Å². The van der Waals surface area contributed by atoms with Crippen molar-refractivity contribution >= 4 is 23.2 Å². The molecular weight excluding hydrogens is 220 g/mol. The largest absolute Gasteiger partial charge is 0.360 e. The summed E-state index contributed by atoms with van der Waals surface area (Å²) in [6, 6.07) is 8.07. The lowest BCUT2D eigenvalue weighted by molar-refractivity contribution is 0.383. The molecule has 1 aliphatic rings. The zero-order chi connectivity index (χ0) is 11.1. The summed E-state index contributed by atoms with van der Waals surface area (Å²) in [6.07, 6.45) is 0. The number of fused-ring (bicyclic) bond motifs is 2. The first-order chi connectivity index (χ1) is 7.75. The van der Waals surface area contributed by atoms with E-state index >= 15 is 0 Å². The second kappa shape index (κ2) is 3.49. The number of aromatic nitrogens is 1. The van der Waals surface area contributed by atoms with E-state index in [1.54, 1.807) is 11.8 Å². The molecule has 0 aliphatic carbocycles. The molecule has 1 aliphatic heterocycles. The fourth-order valence-corrected chi connectivity index (χ4v) is 2.85. The molecule has 3 rings (SSSR count). The Morgan fingerprint density at radius 2 is 2.00 bits per heavy atom. The van der Waals surface area contributed by atoms with Gasteiger partial charge >= 0.3 is 0 Å². The molecule has 0 unspecified atom stereocenters. The highest BCUT2D eigenvalue weighted by molar-refractivity contribution is 7.99. The zero-order valence-corrected chi connectivity index (χ0v) is 9.84. The lowest BCUT2D eigenvalue weighted by Gasteiger charge is -1.99. The van der Waals surface area contributed by atoms with Crippen LogP contribution in [0.25, 0.3) is 0 Å². The monoisotopic (exact) mass is 230 g/mol. The Morgan fingerprint density at radius 3 is 2.88 bits per heavy atom. The molecule has 0 radical (unpaired) electrons. The molecule has 0 atom stereocenters. The molecule has 80 valence electrons. The van der Waals surface area contributed by atoms with E-state index in [4.69, 9.17) is 4.52 Å². The molecule has 2 aromatic rings. The van der Waals surface area contributed by atoms with Crippen LogP contribution in [-0.4, -0.2) is 10.9 Å². The summed E-state index contributed by atoms with van der Waals surface area (Å²) in [6.45, 7) is 3.91. The number of nitrogens with zero attached hydrogens (tertiary/aromatic N) is 2. The predicted molar refractivity (Wildman–Crippen MR) is 63.7 cm³/mol. The average molecular weight is 230 g/mol. The lowest BCUT2D eigenvalue weighted by Crippen LogP contribution is -1.94. The molecule has 0 saturated carbocycles. The second-order valence-electron chi connectivity index (χ2n) is 3.69. The topological polar surface area (TPSA) is 38.4 Å². The van der Waals surface area contributed by atoms with Gasteiger partial charge in [0, 0.05) is 4.90 Å². The molecular formula is C12H10N2OS. The molecule has 0 spiro atoms. The Balaban J connectivity index is 2.26. The van der Waals surface area contributed by atoms with E-state index in [0.29, 0.717) is 0 Å². The molecule has 2 heterocycles. The smallest absolute Gasteiger partial charge is 0.153 e. The standard InChI is InChI=1S/C12H10N2OS/c1-7-11-8(2)15-14-12(11)16-10-6-4-3-5-9(10)13-7/h3-6H,1-2H3. The highest BCUT2D eigenvalue weighted by atomic mass is 32.2. The normalized spacial score (nSPS) is 13.8. The van der Waals surface area contributed by atoms with Crippen molar-refractivity contribution in [2.45, 2.75) is 23.8 Å². The van der Waals surface area contributed by atoms with Crippen molar-refractivity contribution in [3.8, 4) is 0 Å². The lowest BCUT2D eigenvalue weighted by atomic mass is 10.2. The van der Waals surface area contributed by atoms with Crippen molar-refractivity contribution in [1.82, 2.24) is 5.16 Å². The maximum absolute atomic E-state index is 5.21. The minimum atomic E-state index is 0.830. The van der Waals surface area contributed by atoms with Gasteiger partial charge in [0.2, 0.25) is 0 Å². The fraction of sp³-hybridized carbons (Fsp3) is 0.167. The van der Waals surface area contributed by atoms with Crippen molar-refractivity contribution in [3.63, 3.8) is 0 Å². The summed E-state index contributed by atoms with van der Waals surface area (Å²) >= 11 is 1.61. The van der Waals surface area contributed by atoms with Gasteiger partial charge in [-0.2, -0.15) is 0 Å². The maximum atomic E-state index is 5.21. The molecule has 0 amide bonds.